The third-order valence-electron chi connectivity index (χ3n) is 4.41. The summed E-state index contributed by atoms with van der Waals surface area (Å²) in [6.07, 6.45) is 7.50. The first kappa shape index (κ1) is 15.5. The molecule has 1 aliphatic rings. The first-order chi connectivity index (χ1) is 9.74. The van der Waals surface area contributed by atoms with E-state index in [1.165, 1.54) is 24.0 Å². The lowest BCUT2D eigenvalue weighted by Gasteiger charge is -2.23. The van der Waals surface area contributed by atoms with Crippen LogP contribution >= 0.6 is 0 Å². The van der Waals surface area contributed by atoms with Crippen LogP contribution in [0, 0.1) is 0 Å². The molecule has 1 aliphatic heterocycles. The van der Waals surface area contributed by atoms with Crippen molar-refractivity contribution in [3.8, 4) is 0 Å². The van der Waals surface area contributed by atoms with Crippen molar-refractivity contribution in [1.29, 1.82) is 0 Å². The lowest BCUT2D eigenvalue weighted by molar-refractivity contribution is 0.00212. The van der Waals surface area contributed by atoms with Crippen molar-refractivity contribution in [2.75, 3.05) is 6.61 Å². The monoisotopic (exact) mass is 276 g/mol. The first-order valence-electron chi connectivity index (χ1n) is 8.16. The van der Waals surface area contributed by atoms with Gasteiger partial charge in [-0.15, -0.1) is 0 Å². The summed E-state index contributed by atoms with van der Waals surface area (Å²) in [4.78, 5) is 0. The molecule has 1 aromatic carbocycles. The predicted molar refractivity (Wildman–Crippen MR) is 83.0 cm³/mol. The van der Waals surface area contributed by atoms with Gasteiger partial charge in [0.1, 0.15) is 0 Å². The van der Waals surface area contributed by atoms with Gasteiger partial charge in [0, 0.05) is 6.61 Å². The van der Waals surface area contributed by atoms with Gasteiger partial charge < -0.3 is 9.84 Å². The molecule has 2 rings (SSSR count). The zero-order valence-corrected chi connectivity index (χ0v) is 12.9. The average Bonchev–Trinajstić information content (AvgIpc) is 2.52. The van der Waals surface area contributed by atoms with Gasteiger partial charge >= 0.3 is 0 Å². The van der Waals surface area contributed by atoms with E-state index in [1.54, 1.807) is 0 Å². The van der Waals surface area contributed by atoms with E-state index in [9.17, 15) is 5.11 Å². The van der Waals surface area contributed by atoms with E-state index < -0.39 is 0 Å². The first-order valence-corrected chi connectivity index (χ1v) is 8.16. The maximum absolute atomic E-state index is 10.4. The molecule has 0 aliphatic carbocycles. The number of aryl methyl sites for hydroxylation is 2. The fourth-order valence-electron chi connectivity index (χ4n) is 3.07. The third kappa shape index (κ3) is 4.07. The summed E-state index contributed by atoms with van der Waals surface area (Å²) in [6, 6.07) is 6.45. The Labute approximate surface area is 123 Å². The maximum atomic E-state index is 10.4. The van der Waals surface area contributed by atoms with Gasteiger partial charge in [-0.25, -0.2) is 0 Å². The number of ether oxygens (including phenoxy) is 1. The van der Waals surface area contributed by atoms with Gasteiger partial charge in [0.25, 0.3) is 0 Å². The molecule has 1 fully saturated rings. The Balaban J connectivity index is 1.92. The molecule has 112 valence electrons. The van der Waals surface area contributed by atoms with E-state index >= 15 is 0 Å². The van der Waals surface area contributed by atoms with Gasteiger partial charge in [-0.3, -0.25) is 0 Å². The highest BCUT2D eigenvalue weighted by molar-refractivity contribution is 5.33. The largest absolute Gasteiger partial charge is 0.388 e. The molecule has 0 bridgehead atoms. The van der Waals surface area contributed by atoms with Crippen molar-refractivity contribution in [2.24, 2.45) is 0 Å². The van der Waals surface area contributed by atoms with Crippen LogP contribution in [0.15, 0.2) is 18.2 Å². The molecular weight excluding hydrogens is 248 g/mol. The molecule has 1 N–H and O–H groups in total. The van der Waals surface area contributed by atoms with Gasteiger partial charge in [0.2, 0.25) is 0 Å². The summed E-state index contributed by atoms with van der Waals surface area (Å²) in [6.45, 7) is 5.26. The Morgan fingerprint density at radius 3 is 2.65 bits per heavy atom. The van der Waals surface area contributed by atoms with E-state index in [-0.39, 0.29) is 6.10 Å². The normalized spacial score (nSPS) is 20.9. The van der Waals surface area contributed by atoms with Crippen molar-refractivity contribution in [1.82, 2.24) is 0 Å². The Hall–Kier alpha value is -0.860. The second-order valence-corrected chi connectivity index (χ2v) is 5.82. The highest BCUT2D eigenvalue weighted by Gasteiger charge is 2.17. The standard InChI is InChI=1S/C18H28O2/c1-3-14-8-9-16(13-15(14)4-2)18(19)11-10-17-7-5-6-12-20-17/h8-9,13,17-19H,3-7,10-12H2,1-2H3. The van der Waals surface area contributed by atoms with Crippen molar-refractivity contribution in [3.05, 3.63) is 34.9 Å². The van der Waals surface area contributed by atoms with Crippen LogP contribution in [0.3, 0.4) is 0 Å². The quantitative estimate of drug-likeness (QED) is 0.844. The van der Waals surface area contributed by atoms with Crippen LogP contribution in [0.2, 0.25) is 0 Å². The van der Waals surface area contributed by atoms with Gasteiger partial charge in [-0.05, 0) is 61.6 Å². The zero-order valence-electron chi connectivity index (χ0n) is 12.9. The predicted octanol–water partition coefficient (Wildman–Crippen LogP) is 4.19. The highest BCUT2D eigenvalue weighted by atomic mass is 16.5. The summed E-state index contributed by atoms with van der Waals surface area (Å²) < 4.78 is 5.73. The van der Waals surface area contributed by atoms with E-state index in [0.717, 1.165) is 44.3 Å². The van der Waals surface area contributed by atoms with E-state index in [1.807, 2.05) is 0 Å². The lowest BCUT2D eigenvalue weighted by Crippen LogP contribution is -2.19. The van der Waals surface area contributed by atoms with E-state index in [4.69, 9.17) is 4.74 Å². The van der Waals surface area contributed by atoms with Crippen molar-refractivity contribution < 1.29 is 9.84 Å². The number of hydrogen-bond donors (Lipinski definition) is 1. The minimum atomic E-state index is -0.350. The maximum Gasteiger partial charge on any atom is 0.0791 e. The molecule has 0 amide bonds. The van der Waals surface area contributed by atoms with Crippen LogP contribution in [-0.2, 0) is 17.6 Å². The molecule has 1 saturated heterocycles. The molecule has 0 radical (unpaired) electrons. The average molecular weight is 276 g/mol. The second kappa shape index (κ2) is 7.80. The van der Waals surface area contributed by atoms with E-state index in [2.05, 4.69) is 32.0 Å². The van der Waals surface area contributed by atoms with E-state index in [0.29, 0.717) is 6.10 Å². The van der Waals surface area contributed by atoms with Crippen LogP contribution < -0.4 is 0 Å². The SMILES string of the molecule is CCc1ccc(C(O)CCC2CCCCO2)cc1CC. The number of aliphatic hydroxyl groups excluding tert-OH is 1. The molecule has 1 aromatic rings. The van der Waals surface area contributed by atoms with Crippen molar-refractivity contribution in [3.63, 3.8) is 0 Å². The summed E-state index contributed by atoms with van der Waals surface area (Å²) in [5.74, 6) is 0. The molecular formula is C18H28O2. The summed E-state index contributed by atoms with van der Waals surface area (Å²) in [7, 11) is 0. The number of rotatable bonds is 6. The van der Waals surface area contributed by atoms with Gasteiger partial charge in [-0.1, -0.05) is 32.0 Å². The number of hydrogen-bond acceptors (Lipinski definition) is 2. The van der Waals surface area contributed by atoms with Gasteiger partial charge in [-0.2, -0.15) is 0 Å². The van der Waals surface area contributed by atoms with Crippen LogP contribution in [0.5, 0.6) is 0 Å². The van der Waals surface area contributed by atoms with Crippen LogP contribution in [0.1, 0.15) is 68.7 Å². The smallest absolute Gasteiger partial charge is 0.0791 e. The Morgan fingerprint density at radius 2 is 2.00 bits per heavy atom. The number of aliphatic hydroxyl groups is 1. The topological polar surface area (TPSA) is 29.5 Å². The molecule has 2 nitrogen and oxygen atoms in total. The lowest BCUT2D eigenvalue weighted by atomic mass is 9.95. The fraction of sp³-hybridized carbons (Fsp3) is 0.667. The Morgan fingerprint density at radius 1 is 1.20 bits per heavy atom. The molecule has 0 aromatic heterocycles. The van der Waals surface area contributed by atoms with Gasteiger partial charge in [0.15, 0.2) is 0 Å². The molecule has 0 spiro atoms. The van der Waals surface area contributed by atoms with Crippen molar-refractivity contribution in [2.45, 2.75) is 71.0 Å². The molecule has 0 saturated carbocycles. The van der Waals surface area contributed by atoms with Gasteiger partial charge in [0.05, 0.1) is 12.2 Å². The minimum Gasteiger partial charge on any atom is -0.388 e. The highest BCUT2D eigenvalue weighted by Crippen LogP contribution is 2.25. The Bertz CT molecular complexity index is 408. The molecule has 1 heterocycles. The summed E-state index contributed by atoms with van der Waals surface area (Å²) in [5.41, 5.74) is 3.84. The fourth-order valence-corrected chi connectivity index (χ4v) is 3.07. The molecule has 20 heavy (non-hydrogen) atoms. The molecule has 2 atom stereocenters. The van der Waals surface area contributed by atoms with Crippen LogP contribution in [-0.4, -0.2) is 17.8 Å². The van der Waals surface area contributed by atoms with Crippen molar-refractivity contribution >= 4 is 0 Å². The Kier molecular flexibility index (Phi) is 6.06. The zero-order chi connectivity index (χ0) is 14.4. The summed E-state index contributed by atoms with van der Waals surface area (Å²) >= 11 is 0. The van der Waals surface area contributed by atoms with Crippen LogP contribution in [0.4, 0.5) is 0 Å². The second-order valence-electron chi connectivity index (χ2n) is 5.82. The van der Waals surface area contributed by atoms with Crippen LogP contribution in [0.25, 0.3) is 0 Å². The molecule has 2 heteroatoms. The minimum absolute atomic E-state index is 0.350. The molecule has 2 unspecified atom stereocenters. The third-order valence-corrected chi connectivity index (χ3v) is 4.41. The number of benzene rings is 1. The summed E-state index contributed by atoms with van der Waals surface area (Å²) in [5, 5.41) is 10.4.